The molecule has 0 fully saturated rings. The van der Waals surface area contributed by atoms with Gasteiger partial charge in [-0.3, -0.25) is 0 Å². The first-order valence-corrected chi connectivity index (χ1v) is 3.33. The summed E-state index contributed by atoms with van der Waals surface area (Å²) < 4.78 is 34.7. The first-order chi connectivity index (χ1) is 7.45. The van der Waals surface area contributed by atoms with Crippen LogP contribution < -0.4 is 5.73 Å². The Hall–Kier alpha value is -1.06. The Bertz CT molecular complexity index is 424. The molecule has 72 valence electrons. The van der Waals surface area contributed by atoms with Gasteiger partial charge in [0.05, 0.1) is 18.2 Å². The van der Waals surface area contributed by atoms with Crippen LogP contribution in [0.25, 0.3) is 0 Å². The number of hydrogen-bond acceptors (Lipinski definition) is 3. The molecule has 0 unspecified atom stereocenters. The molecule has 4 heteroatoms. The average Bonchev–Trinajstić information content (AvgIpc) is 2.27. The molecule has 2 N–H and O–H groups in total. The Morgan fingerprint density at radius 1 is 1.54 bits per heavy atom. The number of esters is 1. The van der Waals surface area contributed by atoms with Gasteiger partial charge in [-0.1, -0.05) is 12.1 Å². The molecule has 1 aromatic rings. The predicted molar refractivity (Wildman–Crippen MR) is 52.9 cm³/mol. The lowest BCUT2D eigenvalue weighted by atomic mass is 10.1. The molecule has 0 atom stereocenters. The lowest BCUT2D eigenvalue weighted by Crippen LogP contribution is -2.02. The van der Waals surface area contributed by atoms with E-state index in [4.69, 9.17) is 11.2 Å². The van der Waals surface area contributed by atoms with Crippen molar-refractivity contribution in [1.82, 2.24) is 0 Å². The second-order valence-corrected chi connectivity index (χ2v) is 2.05. The Labute approximate surface area is 88.9 Å². The molecule has 1 aromatic carbocycles. The van der Waals surface area contributed by atoms with E-state index in [1.54, 1.807) is 0 Å². The third-order valence-electron chi connectivity index (χ3n) is 1.27. The van der Waals surface area contributed by atoms with E-state index in [9.17, 15) is 4.79 Å². The van der Waals surface area contributed by atoms with Crippen molar-refractivity contribution in [3.8, 4) is 0 Å². The molecule has 0 heterocycles. The zero-order valence-corrected chi connectivity index (χ0v) is 7.83. The summed E-state index contributed by atoms with van der Waals surface area (Å²) in [7, 11) is 1.12. The number of nitrogens with two attached hydrogens (primary N) is 1. The highest BCUT2D eigenvalue weighted by Crippen LogP contribution is 2.04. The fourth-order valence-electron chi connectivity index (χ4n) is 0.645. The summed E-state index contributed by atoms with van der Waals surface area (Å²) >= 11 is 0. The number of carbonyl (C=O) groups is 1. The van der Waals surface area contributed by atoms with Gasteiger partial charge in [0.1, 0.15) is 0 Å². The highest BCUT2D eigenvalue weighted by molar-refractivity contribution is 5.89. The van der Waals surface area contributed by atoms with Crippen LogP contribution in [0, 0.1) is 0 Å². The quantitative estimate of drug-likeness (QED) is 0.742. The highest BCUT2D eigenvalue weighted by atomic mass is 35.5. The minimum atomic E-state index is -0.888. The van der Waals surface area contributed by atoms with E-state index < -0.39 is 18.1 Å². The van der Waals surface area contributed by atoms with E-state index in [-0.39, 0.29) is 42.2 Å². The Morgan fingerprint density at radius 2 is 2.08 bits per heavy atom. The van der Waals surface area contributed by atoms with Crippen LogP contribution in [0.15, 0.2) is 24.2 Å². The summed E-state index contributed by atoms with van der Waals surface area (Å²) in [4.78, 5) is 11.3. The van der Waals surface area contributed by atoms with Crippen LogP contribution in [0.5, 0.6) is 0 Å². The molecular formula is C9H12ClNO2. The molecule has 0 saturated carbocycles. The second kappa shape index (κ2) is 5.56. The largest absolute Gasteiger partial charge is 0.465 e. The Morgan fingerprint density at radius 3 is 2.46 bits per heavy atom. The molecule has 0 spiro atoms. The lowest BCUT2D eigenvalue weighted by molar-refractivity contribution is 0.0600. The van der Waals surface area contributed by atoms with Gasteiger partial charge in [-0.05, 0) is 17.6 Å². The van der Waals surface area contributed by atoms with Crippen molar-refractivity contribution < 1.29 is 15.0 Å². The van der Waals surface area contributed by atoms with Gasteiger partial charge in [0.25, 0.3) is 0 Å². The van der Waals surface area contributed by atoms with Crippen LogP contribution in [-0.2, 0) is 11.3 Å². The molecule has 0 amide bonds. The van der Waals surface area contributed by atoms with Gasteiger partial charge in [-0.25, -0.2) is 4.79 Å². The monoisotopic (exact) mass is 205 g/mol. The summed E-state index contributed by atoms with van der Waals surface area (Å²) in [5.74, 6) is -0.888. The van der Waals surface area contributed by atoms with Crippen LogP contribution in [0.3, 0.4) is 0 Å². The Kier molecular flexibility index (Phi) is 2.74. The van der Waals surface area contributed by atoms with Crippen molar-refractivity contribution in [1.29, 1.82) is 0 Å². The molecular weight excluding hydrogens is 190 g/mol. The van der Waals surface area contributed by atoms with E-state index in [2.05, 4.69) is 4.74 Å². The van der Waals surface area contributed by atoms with Crippen molar-refractivity contribution in [2.45, 2.75) is 6.54 Å². The number of methoxy groups -OCH3 is 1. The lowest BCUT2D eigenvalue weighted by Gasteiger charge is -1.99. The second-order valence-electron chi connectivity index (χ2n) is 2.05. The van der Waals surface area contributed by atoms with Crippen LogP contribution in [0.2, 0.25) is 0 Å². The molecule has 0 saturated heterocycles. The van der Waals surface area contributed by atoms with Crippen molar-refractivity contribution >= 4 is 18.4 Å². The normalized spacial score (nSPS) is 13.1. The number of benzene rings is 1. The van der Waals surface area contributed by atoms with E-state index in [0.717, 1.165) is 7.11 Å². The van der Waals surface area contributed by atoms with Gasteiger partial charge < -0.3 is 10.5 Å². The van der Waals surface area contributed by atoms with E-state index in [0.29, 0.717) is 0 Å². The summed E-state index contributed by atoms with van der Waals surface area (Å²) in [6.45, 7) is -0.114. The van der Waals surface area contributed by atoms with Crippen LogP contribution >= 0.6 is 12.4 Å². The molecule has 0 aliphatic rings. The fourth-order valence-corrected chi connectivity index (χ4v) is 0.645. The summed E-state index contributed by atoms with van der Waals surface area (Å²) in [5, 5.41) is 0. The fraction of sp³-hybridized carbons (Fsp3) is 0.222. The van der Waals surface area contributed by atoms with E-state index in [1.807, 2.05) is 0 Å². The molecule has 0 bridgehead atoms. The maximum Gasteiger partial charge on any atom is 0.337 e. The predicted octanol–water partition coefficient (Wildman–Crippen LogP) is 1.35. The number of carbonyl (C=O) groups excluding carboxylic acids is 1. The average molecular weight is 206 g/mol. The maximum absolute atomic E-state index is 11.3. The summed E-state index contributed by atoms with van der Waals surface area (Å²) in [6, 6.07) is -1.45. The molecule has 1 rings (SSSR count). The number of rotatable bonds is 2. The topological polar surface area (TPSA) is 52.3 Å². The zero-order chi connectivity index (χ0) is 12.5. The van der Waals surface area contributed by atoms with Gasteiger partial charge in [-0.2, -0.15) is 0 Å². The minimum absolute atomic E-state index is 0. The van der Waals surface area contributed by atoms with Crippen molar-refractivity contribution in [3.63, 3.8) is 0 Å². The first-order valence-electron chi connectivity index (χ1n) is 5.33. The van der Waals surface area contributed by atoms with Crippen molar-refractivity contribution in [3.05, 3.63) is 35.3 Å². The zero-order valence-electron chi connectivity index (χ0n) is 11.0. The van der Waals surface area contributed by atoms with Gasteiger partial charge in [0.2, 0.25) is 0 Å². The van der Waals surface area contributed by atoms with E-state index in [1.165, 1.54) is 0 Å². The standard InChI is InChI=1S/C9H11NO2.ClH/c1-12-9(11)8-4-2-7(6-10)3-5-8;/h2-5H,6,10H2,1H3;1H/i2D,3D,4D,5D;. The van der Waals surface area contributed by atoms with Crippen LogP contribution in [-0.4, -0.2) is 13.1 Å². The van der Waals surface area contributed by atoms with Crippen molar-refractivity contribution in [2.75, 3.05) is 7.11 Å². The molecule has 3 nitrogen and oxygen atoms in total. The number of hydrogen-bond donors (Lipinski definition) is 1. The smallest absolute Gasteiger partial charge is 0.337 e. The third kappa shape index (κ3) is 3.05. The van der Waals surface area contributed by atoms with Crippen LogP contribution in [0.4, 0.5) is 0 Å². The van der Waals surface area contributed by atoms with Gasteiger partial charge in [0, 0.05) is 6.54 Å². The summed E-state index contributed by atoms with van der Waals surface area (Å²) in [6.07, 6.45) is 0. The molecule has 0 radical (unpaired) electrons. The third-order valence-corrected chi connectivity index (χ3v) is 1.27. The molecule has 0 aromatic heterocycles. The minimum Gasteiger partial charge on any atom is -0.465 e. The molecule has 0 aliphatic heterocycles. The maximum atomic E-state index is 11.3. The molecule has 13 heavy (non-hydrogen) atoms. The van der Waals surface area contributed by atoms with Gasteiger partial charge in [-0.15, -0.1) is 12.4 Å². The van der Waals surface area contributed by atoms with Gasteiger partial charge >= 0.3 is 5.97 Å². The first kappa shape index (κ1) is 6.40. The highest BCUT2D eigenvalue weighted by Gasteiger charge is 2.02. The van der Waals surface area contributed by atoms with Crippen molar-refractivity contribution in [2.24, 2.45) is 5.73 Å². The SMILES string of the molecule is Cl.[2H]c1c([2H])c(C(=O)OC)c([2H])c([2H])c1CN. The Balaban J connectivity index is 0.00000256. The number of halogens is 1. The molecule has 0 aliphatic carbocycles. The van der Waals surface area contributed by atoms with Gasteiger partial charge in [0.15, 0.2) is 0 Å². The number of ether oxygens (including phenoxy) is 1. The van der Waals surface area contributed by atoms with Crippen LogP contribution in [0.1, 0.15) is 21.4 Å². The van der Waals surface area contributed by atoms with E-state index >= 15 is 0 Å². The summed E-state index contributed by atoms with van der Waals surface area (Å²) in [5.41, 5.74) is 5.04.